The van der Waals surface area contributed by atoms with Gasteiger partial charge in [0, 0.05) is 42.3 Å². The number of fused-ring (bicyclic) bond motifs is 7. The summed E-state index contributed by atoms with van der Waals surface area (Å²) < 4.78 is 22.4. The van der Waals surface area contributed by atoms with Crippen molar-refractivity contribution in [2.45, 2.75) is 146 Å². The predicted octanol–water partition coefficient (Wildman–Crippen LogP) is 9.58. The Morgan fingerprint density at radius 2 is 1.64 bits per heavy atom. The fourth-order valence-corrected chi connectivity index (χ4v) is 13.9. The Morgan fingerprint density at radius 1 is 0.948 bits per heavy atom. The van der Waals surface area contributed by atoms with Crippen LogP contribution in [0.5, 0.6) is 0 Å². The van der Waals surface area contributed by atoms with E-state index in [1.807, 2.05) is 0 Å². The van der Waals surface area contributed by atoms with Crippen LogP contribution >= 0.6 is 0 Å². The zero-order chi connectivity index (χ0) is 42.4. The standard InChI is InChI=1S/C48H69FN4O5/c1-29(2)39-33(54)26-48(27-37-50-51-41(53(37)25-24-52(10)11)30-12-14-31(49)15-13-30)23-22-46(8)32(40(39)48)16-17-35-45(7)20-19-36(58-38(55)28-43(3,4)42(56)57)44(5,6)34(45)18-21-47(35,46)9/h12-15,29,32,34-36H,16-28H2,1-11H3,(H,56,57)/t32-,34+,35-,36+,45+,46-,47-,48+/m1/s1. The van der Waals surface area contributed by atoms with Crippen LogP contribution < -0.4 is 0 Å². The monoisotopic (exact) mass is 801 g/mol. The van der Waals surface area contributed by atoms with Gasteiger partial charge in [0.25, 0.3) is 0 Å². The first-order chi connectivity index (χ1) is 27.0. The highest BCUT2D eigenvalue weighted by Crippen LogP contribution is 2.77. The number of carbonyl (C=O) groups excluding carboxylic acids is 2. The number of Topliss-reactive ketones (excluding diaryl/α,β-unsaturated/α-hetero) is 1. The molecule has 0 spiro atoms. The molecule has 7 rings (SSSR count). The minimum Gasteiger partial charge on any atom is -0.481 e. The molecule has 318 valence electrons. The van der Waals surface area contributed by atoms with Gasteiger partial charge in [0.15, 0.2) is 11.6 Å². The first kappa shape index (κ1) is 42.7. The van der Waals surface area contributed by atoms with E-state index in [9.17, 15) is 23.9 Å². The van der Waals surface area contributed by atoms with E-state index in [1.54, 1.807) is 26.0 Å². The van der Waals surface area contributed by atoms with E-state index in [1.165, 1.54) is 17.7 Å². The largest absolute Gasteiger partial charge is 0.481 e. The summed E-state index contributed by atoms with van der Waals surface area (Å²) in [6, 6.07) is 6.50. The van der Waals surface area contributed by atoms with Crippen LogP contribution in [0.15, 0.2) is 35.4 Å². The molecule has 2 aromatic rings. The molecule has 5 aliphatic rings. The first-order valence-electron chi connectivity index (χ1n) is 22.0. The molecule has 10 heteroatoms. The summed E-state index contributed by atoms with van der Waals surface area (Å²) in [5, 5.41) is 19.2. The molecule has 1 heterocycles. The number of nitrogens with zero attached hydrogens (tertiary/aromatic N) is 4. The molecule has 58 heavy (non-hydrogen) atoms. The SMILES string of the molecule is CC(C)C1=C2[C@H]3CC[C@@H]4[C@@]5(C)CC[C@H](OC(=O)CC(C)(C)C(=O)O)C(C)(C)[C@@H]5CC[C@@]4(C)[C@]3(C)CC[C@@]2(Cc2nnc(-c3ccc(F)cc3)n2CCN(C)C)CC1=O. The molecule has 5 aliphatic carbocycles. The second-order valence-electron chi connectivity index (χ2n) is 21.8. The number of carboxylic acids is 1. The third kappa shape index (κ3) is 6.70. The van der Waals surface area contributed by atoms with E-state index in [2.05, 4.69) is 72.0 Å². The molecule has 0 amide bonds. The van der Waals surface area contributed by atoms with Crippen molar-refractivity contribution in [2.75, 3.05) is 20.6 Å². The van der Waals surface area contributed by atoms with Gasteiger partial charge in [0.2, 0.25) is 0 Å². The summed E-state index contributed by atoms with van der Waals surface area (Å²) in [5.74, 6) is 1.53. The molecule has 9 nitrogen and oxygen atoms in total. The van der Waals surface area contributed by atoms with Crippen LogP contribution in [-0.4, -0.2) is 69.2 Å². The van der Waals surface area contributed by atoms with E-state index >= 15 is 0 Å². The molecule has 0 bridgehead atoms. The number of carboxylic acid groups (broad SMARTS) is 1. The predicted molar refractivity (Wildman–Crippen MR) is 223 cm³/mol. The normalized spacial score (nSPS) is 34.4. The fraction of sp³-hybridized carbons (Fsp3) is 0.729. The Balaban J connectivity index is 1.21. The molecule has 1 N–H and O–H groups in total. The van der Waals surface area contributed by atoms with Crippen molar-refractivity contribution in [2.24, 2.45) is 56.2 Å². The highest BCUT2D eigenvalue weighted by Gasteiger charge is 2.70. The number of likely N-dealkylation sites (N-methyl/N-ethyl adjacent to an activating group) is 1. The van der Waals surface area contributed by atoms with Crippen molar-refractivity contribution in [3.8, 4) is 11.4 Å². The lowest BCUT2D eigenvalue weighted by Gasteiger charge is -2.72. The maximum atomic E-state index is 14.4. The average molecular weight is 801 g/mol. The number of hydrogen-bond acceptors (Lipinski definition) is 7. The average Bonchev–Trinajstić information content (AvgIpc) is 3.66. The van der Waals surface area contributed by atoms with E-state index in [-0.39, 0.29) is 51.3 Å². The molecule has 4 fully saturated rings. The van der Waals surface area contributed by atoms with Crippen molar-refractivity contribution in [3.05, 3.63) is 47.1 Å². The third-order valence-corrected chi connectivity index (χ3v) is 17.2. The van der Waals surface area contributed by atoms with Crippen molar-refractivity contribution in [1.29, 1.82) is 0 Å². The van der Waals surface area contributed by atoms with Gasteiger partial charge in [-0.15, -0.1) is 10.2 Å². The summed E-state index contributed by atoms with van der Waals surface area (Å²) in [7, 11) is 4.12. The first-order valence-corrected chi connectivity index (χ1v) is 22.0. The summed E-state index contributed by atoms with van der Waals surface area (Å²) in [5.41, 5.74) is 1.69. The van der Waals surface area contributed by atoms with Crippen molar-refractivity contribution >= 4 is 17.7 Å². The van der Waals surface area contributed by atoms with E-state index in [4.69, 9.17) is 14.9 Å². The molecule has 1 aromatic heterocycles. The lowest BCUT2D eigenvalue weighted by Crippen LogP contribution is -2.65. The van der Waals surface area contributed by atoms with Crippen molar-refractivity contribution < 1.29 is 28.6 Å². The molecular formula is C48H69FN4O5. The number of esters is 1. The lowest BCUT2D eigenvalue weighted by molar-refractivity contribution is -0.233. The van der Waals surface area contributed by atoms with Gasteiger partial charge in [-0.2, -0.15) is 0 Å². The highest BCUT2D eigenvalue weighted by atomic mass is 19.1. The van der Waals surface area contributed by atoms with Gasteiger partial charge in [-0.1, -0.05) is 54.0 Å². The fourth-order valence-electron chi connectivity index (χ4n) is 13.9. The summed E-state index contributed by atoms with van der Waals surface area (Å²) in [6.45, 7) is 21.3. The number of carbonyl (C=O) groups is 3. The maximum Gasteiger partial charge on any atom is 0.309 e. The second kappa shape index (κ2) is 14.7. The second-order valence-corrected chi connectivity index (χ2v) is 21.8. The van der Waals surface area contributed by atoms with Gasteiger partial charge in [-0.3, -0.25) is 14.4 Å². The minimum absolute atomic E-state index is 0.00122. The smallest absolute Gasteiger partial charge is 0.309 e. The van der Waals surface area contributed by atoms with Gasteiger partial charge >= 0.3 is 11.9 Å². The Kier molecular flexibility index (Phi) is 10.8. The molecule has 0 unspecified atom stereocenters. The van der Waals surface area contributed by atoms with Crippen LogP contribution in [0.3, 0.4) is 0 Å². The topological polar surface area (TPSA) is 115 Å². The number of benzene rings is 1. The molecule has 0 saturated heterocycles. The van der Waals surface area contributed by atoms with Crippen LogP contribution in [0.1, 0.15) is 132 Å². The van der Waals surface area contributed by atoms with E-state index in [0.717, 1.165) is 80.7 Å². The zero-order valence-electron chi connectivity index (χ0n) is 37.1. The number of rotatable bonds is 11. The molecule has 0 radical (unpaired) electrons. The number of ether oxygens (including phenoxy) is 1. The Bertz CT molecular complexity index is 1980. The summed E-state index contributed by atoms with van der Waals surface area (Å²) in [4.78, 5) is 41.5. The highest BCUT2D eigenvalue weighted by molar-refractivity contribution is 6.00. The Labute approximate surface area is 346 Å². The number of ketones is 1. The molecule has 1 aromatic carbocycles. The van der Waals surface area contributed by atoms with Crippen molar-refractivity contribution in [1.82, 2.24) is 19.7 Å². The van der Waals surface area contributed by atoms with Gasteiger partial charge in [0.1, 0.15) is 17.7 Å². The third-order valence-electron chi connectivity index (χ3n) is 17.2. The number of aliphatic carboxylic acids is 1. The van der Waals surface area contributed by atoms with Crippen LogP contribution in [0.25, 0.3) is 11.4 Å². The molecule has 4 saturated carbocycles. The van der Waals surface area contributed by atoms with Gasteiger partial charge in [-0.05, 0) is 149 Å². The Hall–Kier alpha value is -3.40. The number of allylic oxidation sites excluding steroid dienone is 2. The van der Waals surface area contributed by atoms with Crippen LogP contribution in [0.2, 0.25) is 0 Å². The number of aromatic nitrogens is 3. The summed E-state index contributed by atoms with van der Waals surface area (Å²) >= 11 is 0. The van der Waals surface area contributed by atoms with E-state index < -0.39 is 17.4 Å². The quantitative estimate of drug-likeness (QED) is 0.224. The zero-order valence-corrected chi connectivity index (χ0v) is 37.1. The molecule has 0 aliphatic heterocycles. The van der Waals surface area contributed by atoms with Gasteiger partial charge in [0.05, 0.1) is 11.8 Å². The van der Waals surface area contributed by atoms with Crippen LogP contribution in [0.4, 0.5) is 4.39 Å². The van der Waals surface area contributed by atoms with Crippen LogP contribution in [-0.2, 0) is 32.1 Å². The van der Waals surface area contributed by atoms with Crippen molar-refractivity contribution in [3.63, 3.8) is 0 Å². The van der Waals surface area contributed by atoms with Crippen LogP contribution in [0, 0.1) is 62.0 Å². The summed E-state index contributed by atoms with van der Waals surface area (Å²) in [6.07, 6.45) is 8.82. The minimum atomic E-state index is -1.17. The Morgan fingerprint density at radius 3 is 2.28 bits per heavy atom. The maximum absolute atomic E-state index is 14.4. The molecular weight excluding hydrogens is 732 g/mol. The van der Waals surface area contributed by atoms with Gasteiger partial charge in [-0.25, -0.2) is 4.39 Å². The number of halogens is 1. The number of hydrogen-bond donors (Lipinski definition) is 1. The molecule has 8 atom stereocenters. The lowest BCUT2D eigenvalue weighted by atomic mass is 9.33. The van der Waals surface area contributed by atoms with Gasteiger partial charge < -0.3 is 19.3 Å². The van der Waals surface area contributed by atoms with E-state index in [0.29, 0.717) is 42.9 Å².